The number of nitro groups is 1. The van der Waals surface area contributed by atoms with Gasteiger partial charge in [-0.05, 0) is 33.4 Å². The summed E-state index contributed by atoms with van der Waals surface area (Å²) in [5.74, 6) is -1.24. The van der Waals surface area contributed by atoms with E-state index in [0.29, 0.717) is 9.35 Å². The molecule has 0 spiro atoms. The number of hydrogen-bond donors (Lipinski definition) is 1. The fraction of sp³-hybridized carbons (Fsp3) is 0. The number of anilines is 1. The van der Waals surface area contributed by atoms with Crippen LogP contribution in [0.1, 0.15) is 9.67 Å². The van der Waals surface area contributed by atoms with Gasteiger partial charge in [0, 0.05) is 10.5 Å². The van der Waals surface area contributed by atoms with E-state index in [4.69, 9.17) is 0 Å². The largest absolute Gasteiger partial charge is 0.321 e. The summed E-state index contributed by atoms with van der Waals surface area (Å²) in [6.07, 6.45) is 0. The summed E-state index contributed by atoms with van der Waals surface area (Å²) in [6, 6.07) is 4.61. The Labute approximate surface area is 119 Å². The number of thiophene rings is 1. The molecule has 0 bridgehead atoms. The quantitative estimate of drug-likeness (QED) is 0.679. The number of non-ortho nitro benzene ring substituents is 1. The van der Waals surface area contributed by atoms with Crippen molar-refractivity contribution in [2.45, 2.75) is 0 Å². The number of amides is 1. The second-order valence-electron chi connectivity index (χ2n) is 3.51. The van der Waals surface area contributed by atoms with Gasteiger partial charge in [-0.25, -0.2) is 4.39 Å². The number of carbonyl (C=O) groups excluding carboxylic acids is 1. The molecule has 1 aromatic heterocycles. The average Bonchev–Trinajstić information content (AvgIpc) is 2.74. The molecule has 1 heterocycles. The molecule has 1 aromatic carbocycles. The van der Waals surface area contributed by atoms with Gasteiger partial charge in [0.05, 0.1) is 16.7 Å². The van der Waals surface area contributed by atoms with Crippen LogP contribution in [-0.2, 0) is 0 Å². The topological polar surface area (TPSA) is 72.2 Å². The molecule has 1 amide bonds. The minimum atomic E-state index is -0.783. The summed E-state index contributed by atoms with van der Waals surface area (Å²) in [5.41, 5.74) is -0.377. The van der Waals surface area contributed by atoms with E-state index >= 15 is 0 Å². The fourth-order valence-electron chi connectivity index (χ4n) is 1.40. The van der Waals surface area contributed by atoms with E-state index < -0.39 is 22.3 Å². The Bertz CT molecular complexity index is 659. The molecule has 0 unspecified atom stereocenters. The second-order valence-corrected chi connectivity index (χ2v) is 5.28. The van der Waals surface area contributed by atoms with Crippen LogP contribution in [0.5, 0.6) is 0 Å². The van der Waals surface area contributed by atoms with E-state index in [1.807, 2.05) is 0 Å². The van der Waals surface area contributed by atoms with Gasteiger partial charge in [-0.3, -0.25) is 14.9 Å². The lowest BCUT2D eigenvalue weighted by Crippen LogP contribution is -2.11. The number of benzene rings is 1. The normalized spacial score (nSPS) is 10.2. The third-order valence-electron chi connectivity index (χ3n) is 2.17. The highest BCUT2D eigenvalue weighted by Crippen LogP contribution is 2.25. The monoisotopic (exact) mass is 344 g/mol. The second kappa shape index (κ2) is 5.45. The van der Waals surface area contributed by atoms with Crippen LogP contribution in [0.15, 0.2) is 34.1 Å². The molecule has 8 heteroatoms. The van der Waals surface area contributed by atoms with Gasteiger partial charge in [0.1, 0.15) is 10.7 Å². The van der Waals surface area contributed by atoms with Gasteiger partial charge in [-0.2, -0.15) is 0 Å². The molecule has 98 valence electrons. The van der Waals surface area contributed by atoms with Crippen LogP contribution >= 0.6 is 27.3 Å². The lowest BCUT2D eigenvalue weighted by Gasteiger charge is -2.04. The third-order valence-corrected chi connectivity index (χ3v) is 4.01. The van der Waals surface area contributed by atoms with Gasteiger partial charge in [0.15, 0.2) is 0 Å². The van der Waals surface area contributed by atoms with Gasteiger partial charge in [-0.15, -0.1) is 11.3 Å². The summed E-state index contributed by atoms with van der Waals surface area (Å²) in [7, 11) is 0. The molecule has 0 aliphatic rings. The van der Waals surface area contributed by atoms with Crippen molar-refractivity contribution in [1.82, 2.24) is 0 Å². The van der Waals surface area contributed by atoms with Gasteiger partial charge in [0.2, 0.25) is 0 Å². The molecule has 0 aliphatic heterocycles. The van der Waals surface area contributed by atoms with Gasteiger partial charge >= 0.3 is 0 Å². The zero-order valence-electron chi connectivity index (χ0n) is 9.22. The summed E-state index contributed by atoms with van der Waals surface area (Å²) in [6.45, 7) is 0. The molecular weight excluding hydrogens is 339 g/mol. The first-order chi connectivity index (χ1) is 8.97. The minimum Gasteiger partial charge on any atom is -0.321 e. The minimum absolute atomic E-state index is 0.0389. The van der Waals surface area contributed by atoms with E-state index in [0.717, 1.165) is 18.2 Å². The zero-order valence-corrected chi connectivity index (χ0v) is 11.6. The van der Waals surface area contributed by atoms with Crippen LogP contribution in [0.4, 0.5) is 15.8 Å². The fourth-order valence-corrected chi connectivity index (χ4v) is 2.84. The Morgan fingerprint density at radius 1 is 1.42 bits per heavy atom. The van der Waals surface area contributed by atoms with Crippen molar-refractivity contribution in [3.63, 3.8) is 0 Å². The zero-order chi connectivity index (χ0) is 14.0. The van der Waals surface area contributed by atoms with E-state index in [1.54, 1.807) is 11.4 Å². The molecular formula is C11H6BrFN2O3S. The predicted molar refractivity (Wildman–Crippen MR) is 73.0 cm³/mol. The number of hydrogen-bond acceptors (Lipinski definition) is 4. The van der Waals surface area contributed by atoms with Gasteiger partial charge < -0.3 is 5.32 Å². The maximum atomic E-state index is 13.2. The number of carbonyl (C=O) groups is 1. The number of nitrogens with zero attached hydrogens (tertiary/aromatic N) is 1. The number of rotatable bonds is 3. The lowest BCUT2D eigenvalue weighted by molar-refractivity contribution is -0.385. The van der Waals surface area contributed by atoms with Crippen molar-refractivity contribution in [2.75, 3.05) is 5.32 Å². The first-order valence-corrected chi connectivity index (χ1v) is 6.64. The van der Waals surface area contributed by atoms with Crippen LogP contribution in [0.25, 0.3) is 0 Å². The molecule has 0 fully saturated rings. The van der Waals surface area contributed by atoms with E-state index in [2.05, 4.69) is 21.2 Å². The Balaban J connectivity index is 2.26. The van der Waals surface area contributed by atoms with E-state index in [9.17, 15) is 19.3 Å². The molecule has 0 atom stereocenters. The summed E-state index contributed by atoms with van der Waals surface area (Å²) >= 11 is 4.40. The standard InChI is InChI=1S/C11H6BrFN2O3S/c12-9-1-2-19-10(9)11(16)14-7-3-6(13)4-8(5-7)15(17)18/h1-5H,(H,14,16). The van der Waals surface area contributed by atoms with Crippen molar-refractivity contribution in [1.29, 1.82) is 0 Å². The van der Waals surface area contributed by atoms with Crippen molar-refractivity contribution in [3.05, 3.63) is 54.9 Å². The van der Waals surface area contributed by atoms with Crippen molar-refractivity contribution >= 4 is 44.5 Å². The Morgan fingerprint density at radius 3 is 2.74 bits per heavy atom. The molecule has 1 N–H and O–H groups in total. The first kappa shape index (κ1) is 13.6. The SMILES string of the molecule is O=C(Nc1cc(F)cc([N+](=O)[O-])c1)c1sccc1Br. The Kier molecular flexibility index (Phi) is 3.91. The molecule has 2 rings (SSSR count). The van der Waals surface area contributed by atoms with Crippen molar-refractivity contribution < 1.29 is 14.1 Å². The van der Waals surface area contributed by atoms with Crippen LogP contribution in [0, 0.1) is 15.9 Å². The van der Waals surface area contributed by atoms with Gasteiger partial charge in [-0.1, -0.05) is 0 Å². The molecule has 19 heavy (non-hydrogen) atoms. The molecule has 0 saturated carbocycles. The van der Waals surface area contributed by atoms with E-state index in [-0.39, 0.29) is 5.69 Å². The smallest absolute Gasteiger partial charge is 0.274 e. The Hall–Kier alpha value is -1.80. The molecule has 5 nitrogen and oxygen atoms in total. The van der Waals surface area contributed by atoms with Crippen LogP contribution in [0.3, 0.4) is 0 Å². The molecule has 0 aliphatic carbocycles. The summed E-state index contributed by atoms with van der Waals surface area (Å²) in [5, 5.41) is 14.7. The maximum absolute atomic E-state index is 13.2. The third kappa shape index (κ3) is 3.15. The van der Waals surface area contributed by atoms with Crippen LogP contribution in [0.2, 0.25) is 0 Å². The van der Waals surface area contributed by atoms with Crippen LogP contribution < -0.4 is 5.32 Å². The molecule has 2 aromatic rings. The maximum Gasteiger partial charge on any atom is 0.274 e. The molecule has 0 saturated heterocycles. The number of nitrogens with one attached hydrogen (secondary N) is 1. The average molecular weight is 345 g/mol. The lowest BCUT2D eigenvalue weighted by atomic mass is 10.2. The highest BCUT2D eigenvalue weighted by molar-refractivity contribution is 9.10. The Morgan fingerprint density at radius 2 is 2.16 bits per heavy atom. The van der Waals surface area contributed by atoms with Crippen molar-refractivity contribution in [2.24, 2.45) is 0 Å². The van der Waals surface area contributed by atoms with E-state index in [1.165, 1.54) is 11.3 Å². The van der Waals surface area contributed by atoms with Crippen molar-refractivity contribution in [3.8, 4) is 0 Å². The molecule has 0 radical (unpaired) electrons. The predicted octanol–water partition coefficient (Wildman–Crippen LogP) is 3.81. The van der Waals surface area contributed by atoms with Gasteiger partial charge in [0.25, 0.3) is 11.6 Å². The first-order valence-electron chi connectivity index (χ1n) is 4.96. The number of halogens is 2. The number of nitro benzene ring substituents is 1. The van der Waals surface area contributed by atoms with Crippen LogP contribution in [-0.4, -0.2) is 10.8 Å². The highest BCUT2D eigenvalue weighted by Gasteiger charge is 2.15. The summed E-state index contributed by atoms with van der Waals surface area (Å²) in [4.78, 5) is 22.1. The summed E-state index contributed by atoms with van der Waals surface area (Å²) < 4.78 is 13.8. The highest BCUT2D eigenvalue weighted by atomic mass is 79.9.